The quantitative estimate of drug-likeness (QED) is 0.857. The predicted molar refractivity (Wildman–Crippen MR) is 74.6 cm³/mol. The monoisotopic (exact) mass is 313 g/mol. The number of rotatable bonds is 5. The normalized spacial score (nSPS) is 11.3. The van der Waals surface area contributed by atoms with Gasteiger partial charge in [-0.05, 0) is 30.2 Å². The van der Waals surface area contributed by atoms with Crippen molar-refractivity contribution in [2.45, 2.75) is 11.3 Å². The summed E-state index contributed by atoms with van der Waals surface area (Å²) in [5.41, 5.74) is 0.749. The van der Waals surface area contributed by atoms with Crippen molar-refractivity contribution in [1.29, 1.82) is 0 Å². The van der Waals surface area contributed by atoms with Crippen molar-refractivity contribution in [3.8, 4) is 11.6 Å². The Morgan fingerprint density at radius 2 is 1.95 bits per heavy atom. The van der Waals surface area contributed by atoms with Crippen LogP contribution in [0.3, 0.4) is 0 Å². The molecule has 0 amide bonds. The van der Waals surface area contributed by atoms with Crippen molar-refractivity contribution < 1.29 is 18.3 Å². The molecule has 0 aliphatic carbocycles. The zero-order valence-electron chi connectivity index (χ0n) is 10.4. The van der Waals surface area contributed by atoms with Crippen LogP contribution in [-0.4, -0.2) is 25.1 Å². The lowest BCUT2D eigenvalue weighted by Crippen LogP contribution is -2.00. The fourth-order valence-electron chi connectivity index (χ4n) is 1.67. The molecule has 2 rings (SSSR count). The minimum absolute atomic E-state index is 0.0384. The summed E-state index contributed by atoms with van der Waals surface area (Å²) in [6.07, 6.45) is 1.81. The van der Waals surface area contributed by atoms with Crippen molar-refractivity contribution in [3.05, 3.63) is 48.2 Å². The van der Waals surface area contributed by atoms with Gasteiger partial charge in [0.25, 0.3) is 9.05 Å². The summed E-state index contributed by atoms with van der Waals surface area (Å²) in [6.45, 7) is -0.0384. The summed E-state index contributed by atoms with van der Waals surface area (Å²) in [4.78, 5) is 3.70. The molecule has 0 fully saturated rings. The van der Waals surface area contributed by atoms with Crippen molar-refractivity contribution in [1.82, 2.24) is 4.98 Å². The van der Waals surface area contributed by atoms with Crippen LogP contribution in [0, 0.1) is 0 Å². The van der Waals surface area contributed by atoms with E-state index >= 15 is 0 Å². The molecule has 1 N–H and O–H groups in total. The van der Waals surface area contributed by atoms with Gasteiger partial charge in [-0.25, -0.2) is 13.4 Å². The Kier molecular flexibility index (Phi) is 4.59. The van der Waals surface area contributed by atoms with Crippen molar-refractivity contribution in [3.63, 3.8) is 0 Å². The van der Waals surface area contributed by atoms with E-state index in [0.29, 0.717) is 12.2 Å². The van der Waals surface area contributed by atoms with Gasteiger partial charge in [0.2, 0.25) is 5.88 Å². The van der Waals surface area contributed by atoms with Crippen LogP contribution in [0.15, 0.2) is 47.5 Å². The molecule has 1 aromatic carbocycles. The molecule has 5 nitrogen and oxygen atoms in total. The van der Waals surface area contributed by atoms with E-state index in [1.54, 1.807) is 24.3 Å². The summed E-state index contributed by atoms with van der Waals surface area (Å²) >= 11 is 0. The van der Waals surface area contributed by atoms with E-state index in [1.165, 1.54) is 18.3 Å². The Labute approximate surface area is 121 Å². The van der Waals surface area contributed by atoms with E-state index < -0.39 is 9.05 Å². The zero-order chi connectivity index (χ0) is 14.6. The first-order valence-electron chi connectivity index (χ1n) is 5.78. The van der Waals surface area contributed by atoms with Crippen LogP contribution in [-0.2, 0) is 15.5 Å². The maximum atomic E-state index is 11.5. The molecule has 0 aliphatic rings. The molecule has 0 radical (unpaired) electrons. The number of hydrogen-bond acceptors (Lipinski definition) is 5. The average molecular weight is 314 g/mol. The van der Waals surface area contributed by atoms with Gasteiger partial charge in [-0.1, -0.05) is 18.2 Å². The molecule has 7 heteroatoms. The zero-order valence-corrected chi connectivity index (χ0v) is 11.9. The standard InChI is InChI=1S/C13H12ClNO4S/c14-20(17,18)12-6-3-8-15-13(12)19-11-5-2-1-4-10(11)7-9-16/h1-6,8,16H,7,9H2. The number of halogens is 1. The van der Waals surface area contributed by atoms with Gasteiger partial charge in [0.15, 0.2) is 0 Å². The van der Waals surface area contributed by atoms with Gasteiger partial charge < -0.3 is 9.84 Å². The fourth-order valence-corrected chi connectivity index (χ4v) is 2.57. The van der Waals surface area contributed by atoms with Gasteiger partial charge in [0.05, 0.1) is 0 Å². The Morgan fingerprint density at radius 1 is 1.20 bits per heavy atom. The highest BCUT2D eigenvalue weighted by Crippen LogP contribution is 2.30. The molecule has 0 saturated carbocycles. The molecule has 1 aromatic heterocycles. The van der Waals surface area contributed by atoms with Crippen LogP contribution in [0.4, 0.5) is 0 Å². The second-order valence-electron chi connectivity index (χ2n) is 3.93. The van der Waals surface area contributed by atoms with Gasteiger partial charge in [0.1, 0.15) is 10.6 Å². The smallest absolute Gasteiger partial charge is 0.266 e. The number of nitrogens with zero attached hydrogens (tertiary/aromatic N) is 1. The highest BCUT2D eigenvalue weighted by Gasteiger charge is 2.18. The Hall–Kier alpha value is -1.63. The van der Waals surface area contributed by atoms with E-state index in [4.69, 9.17) is 20.5 Å². The summed E-state index contributed by atoms with van der Waals surface area (Å²) < 4.78 is 28.5. The number of hydrogen-bond donors (Lipinski definition) is 1. The Balaban J connectivity index is 2.41. The lowest BCUT2D eigenvalue weighted by atomic mass is 10.1. The third-order valence-corrected chi connectivity index (χ3v) is 3.89. The second kappa shape index (κ2) is 6.21. The van der Waals surface area contributed by atoms with Crippen LogP contribution in [0.25, 0.3) is 0 Å². The molecule has 0 unspecified atom stereocenters. The molecule has 20 heavy (non-hydrogen) atoms. The Morgan fingerprint density at radius 3 is 2.65 bits per heavy atom. The Bertz CT molecular complexity index is 703. The number of aliphatic hydroxyl groups is 1. The first kappa shape index (κ1) is 14.8. The molecule has 0 atom stereocenters. The summed E-state index contributed by atoms with van der Waals surface area (Å²) in [5.74, 6) is 0.342. The number of aromatic nitrogens is 1. The molecule has 0 bridgehead atoms. The maximum absolute atomic E-state index is 11.5. The molecule has 106 valence electrons. The van der Waals surface area contributed by atoms with E-state index in [0.717, 1.165) is 5.56 Å². The average Bonchev–Trinajstić information content (AvgIpc) is 2.41. The molecule has 0 saturated heterocycles. The number of ether oxygens (including phenoxy) is 1. The van der Waals surface area contributed by atoms with Crippen molar-refractivity contribution in [2.24, 2.45) is 0 Å². The van der Waals surface area contributed by atoms with Crippen LogP contribution in [0.2, 0.25) is 0 Å². The van der Waals surface area contributed by atoms with Crippen LogP contribution < -0.4 is 4.74 Å². The number of benzene rings is 1. The molecule has 1 heterocycles. The summed E-state index contributed by atoms with van der Waals surface area (Å²) in [5, 5.41) is 9.01. The van der Waals surface area contributed by atoms with Gasteiger partial charge in [-0.3, -0.25) is 0 Å². The van der Waals surface area contributed by atoms with E-state index in [1.807, 2.05) is 0 Å². The van der Waals surface area contributed by atoms with Gasteiger partial charge in [-0.15, -0.1) is 0 Å². The predicted octanol–water partition coefficient (Wildman–Crippen LogP) is 2.34. The highest BCUT2D eigenvalue weighted by atomic mass is 35.7. The van der Waals surface area contributed by atoms with Crippen LogP contribution in [0.5, 0.6) is 11.6 Å². The highest BCUT2D eigenvalue weighted by molar-refractivity contribution is 8.13. The fraction of sp³-hybridized carbons (Fsp3) is 0.154. The first-order valence-corrected chi connectivity index (χ1v) is 8.09. The van der Waals surface area contributed by atoms with E-state index in [2.05, 4.69) is 4.98 Å². The van der Waals surface area contributed by atoms with Crippen molar-refractivity contribution >= 4 is 19.7 Å². The number of aliphatic hydroxyl groups excluding tert-OH is 1. The van der Waals surface area contributed by atoms with Gasteiger partial charge >= 0.3 is 0 Å². The van der Waals surface area contributed by atoms with Crippen molar-refractivity contribution in [2.75, 3.05) is 6.61 Å². The van der Waals surface area contributed by atoms with E-state index in [9.17, 15) is 8.42 Å². The SMILES string of the molecule is O=S(=O)(Cl)c1cccnc1Oc1ccccc1CCO. The second-order valence-corrected chi connectivity index (χ2v) is 6.46. The molecular formula is C13H12ClNO4S. The molecular weight excluding hydrogens is 302 g/mol. The lowest BCUT2D eigenvalue weighted by Gasteiger charge is -2.11. The molecule has 0 spiro atoms. The minimum atomic E-state index is -3.94. The topological polar surface area (TPSA) is 76.5 Å². The lowest BCUT2D eigenvalue weighted by molar-refractivity contribution is 0.297. The largest absolute Gasteiger partial charge is 0.437 e. The van der Waals surface area contributed by atoms with Gasteiger partial charge in [-0.2, -0.15) is 0 Å². The summed E-state index contributed by atoms with van der Waals surface area (Å²) in [7, 11) is 1.40. The van der Waals surface area contributed by atoms with E-state index in [-0.39, 0.29) is 17.4 Å². The van der Waals surface area contributed by atoms with Crippen LogP contribution >= 0.6 is 10.7 Å². The minimum Gasteiger partial charge on any atom is -0.437 e. The molecule has 0 aliphatic heterocycles. The van der Waals surface area contributed by atoms with Crippen LogP contribution in [0.1, 0.15) is 5.56 Å². The third-order valence-electron chi connectivity index (χ3n) is 2.56. The number of para-hydroxylation sites is 1. The number of pyridine rings is 1. The van der Waals surface area contributed by atoms with Gasteiger partial charge in [0, 0.05) is 23.5 Å². The summed E-state index contributed by atoms with van der Waals surface area (Å²) in [6, 6.07) is 9.78. The first-order chi connectivity index (χ1) is 9.52. The maximum Gasteiger partial charge on any atom is 0.266 e. The molecule has 2 aromatic rings. The third kappa shape index (κ3) is 3.47.